The fraction of sp³-hybridized carbons (Fsp3) is 0.417. The van der Waals surface area contributed by atoms with Crippen LogP contribution < -0.4 is 20.1 Å². The van der Waals surface area contributed by atoms with Gasteiger partial charge in [-0.05, 0) is 35.4 Å². The normalized spacial score (nSPS) is 11.6. The SMILES string of the molecule is COc1ccc(CN=C(NCC(=O)N(C)C)NCC(C)(C)c2cccc(OC)c2)cc1. The van der Waals surface area contributed by atoms with Gasteiger partial charge in [0.2, 0.25) is 5.91 Å². The number of hydrogen-bond acceptors (Lipinski definition) is 4. The van der Waals surface area contributed by atoms with Gasteiger partial charge in [0, 0.05) is 26.1 Å². The second kappa shape index (κ2) is 11.2. The van der Waals surface area contributed by atoms with E-state index in [1.165, 1.54) is 0 Å². The predicted octanol–water partition coefficient (Wildman–Crippen LogP) is 2.81. The van der Waals surface area contributed by atoms with Crippen molar-refractivity contribution in [1.29, 1.82) is 0 Å². The molecule has 2 rings (SSSR count). The number of ether oxygens (including phenoxy) is 2. The van der Waals surface area contributed by atoms with E-state index in [2.05, 4.69) is 35.5 Å². The summed E-state index contributed by atoms with van der Waals surface area (Å²) in [6, 6.07) is 15.8. The van der Waals surface area contributed by atoms with Gasteiger partial charge in [-0.2, -0.15) is 0 Å². The van der Waals surface area contributed by atoms with Gasteiger partial charge in [-0.1, -0.05) is 38.1 Å². The van der Waals surface area contributed by atoms with Crippen molar-refractivity contribution in [2.45, 2.75) is 25.8 Å². The zero-order valence-corrected chi connectivity index (χ0v) is 19.4. The quantitative estimate of drug-likeness (QED) is 0.476. The molecule has 0 aromatic heterocycles. The molecule has 0 atom stereocenters. The molecule has 2 aromatic rings. The summed E-state index contributed by atoms with van der Waals surface area (Å²) in [5.74, 6) is 2.20. The van der Waals surface area contributed by atoms with E-state index in [-0.39, 0.29) is 17.9 Å². The molecule has 0 aliphatic heterocycles. The molecular formula is C24H34N4O3. The van der Waals surface area contributed by atoms with Gasteiger partial charge < -0.3 is 25.0 Å². The van der Waals surface area contributed by atoms with Gasteiger partial charge in [-0.25, -0.2) is 4.99 Å². The highest BCUT2D eigenvalue weighted by molar-refractivity contribution is 5.86. The Bertz CT molecular complexity index is 877. The van der Waals surface area contributed by atoms with Crippen LogP contribution in [0.15, 0.2) is 53.5 Å². The number of likely N-dealkylation sites (N-methyl/N-ethyl adjacent to an activating group) is 1. The maximum atomic E-state index is 12.0. The monoisotopic (exact) mass is 426 g/mol. The minimum atomic E-state index is -0.178. The molecule has 0 unspecified atom stereocenters. The molecule has 0 radical (unpaired) electrons. The minimum absolute atomic E-state index is 0.0222. The number of hydrogen-bond donors (Lipinski definition) is 2. The highest BCUT2D eigenvalue weighted by Gasteiger charge is 2.22. The molecule has 0 saturated heterocycles. The molecular weight excluding hydrogens is 392 g/mol. The molecule has 0 bridgehead atoms. The van der Waals surface area contributed by atoms with E-state index in [0.717, 1.165) is 22.6 Å². The standard InChI is InChI=1S/C24H34N4O3/c1-24(2,19-8-7-9-21(14-19)31-6)17-27-23(26-16-22(29)28(3)4)25-15-18-10-12-20(30-5)13-11-18/h7-14H,15-17H2,1-6H3,(H2,25,26,27). The molecule has 0 saturated carbocycles. The Kier molecular flexibility index (Phi) is 8.73. The third kappa shape index (κ3) is 7.51. The predicted molar refractivity (Wildman–Crippen MR) is 125 cm³/mol. The molecule has 0 heterocycles. The molecule has 7 nitrogen and oxygen atoms in total. The lowest BCUT2D eigenvalue weighted by molar-refractivity contribution is -0.127. The third-order valence-electron chi connectivity index (χ3n) is 5.03. The molecule has 31 heavy (non-hydrogen) atoms. The summed E-state index contributed by atoms with van der Waals surface area (Å²) in [4.78, 5) is 18.3. The molecule has 168 valence electrons. The first kappa shape index (κ1) is 24.1. The number of amides is 1. The van der Waals surface area contributed by atoms with E-state index >= 15 is 0 Å². The van der Waals surface area contributed by atoms with Crippen molar-refractivity contribution in [1.82, 2.24) is 15.5 Å². The van der Waals surface area contributed by atoms with Crippen molar-refractivity contribution in [3.05, 3.63) is 59.7 Å². The molecule has 0 aliphatic carbocycles. The van der Waals surface area contributed by atoms with Crippen molar-refractivity contribution in [2.24, 2.45) is 4.99 Å². The highest BCUT2D eigenvalue weighted by atomic mass is 16.5. The summed E-state index contributed by atoms with van der Waals surface area (Å²) in [5, 5.41) is 6.52. The molecule has 2 aromatic carbocycles. The first-order valence-corrected chi connectivity index (χ1v) is 10.2. The fourth-order valence-electron chi connectivity index (χ4n) is 2.84. The zero-order valence-electron chi connectivity index (χ0n) is 19.4. The number of carbonyl (C=O) groups excluding carboxylic acids is 1. The topological polar surface area (TPSA) is 75.2 Å². The summed E-state index contributed by atoms with van der Waals surface area (Å²) >= 11 is 0. The van der Waals surface area contributed by atoms with Crippen molar-refractivity contribution >= 4 is 11.9 Å². The lowest BCUT2D eigenvalue weighted by Gasteiger charge is -2.27. The molecule has 0 spiro atoms. The second-order valence-corrected chi connectivity index (χ2v) is 8.12. The van der Waals surface area contributed by atoms with Crippen molar-refractivity contribution in [3.8, 4) is 11.5 Å². The molecule has 7 heteroatoms. The second-order valence-electron chi connectivity index (χ2n) is 8.12. The van der Waals surface area contributed by atoms with Gasteiger partial charge in [0.15, 0.2) is 5.96 Å². The Balaban J connectivity index is 2.11. The van der Waals surface area contributed by atoms with Crippen LogP contribution in [-0.2, 0) is 16.8 Å². The van der Waals surface area contributed by atoms with E-state index in [9.17, 15) is 4.79 Å². The fourth-order valence-corrected chi connectivity index (χ4v) is 2.84. The largest absolute Gasteiger partial charge is 0.497 e. The number of benzene rings is 2. The number of methoxy groups -OCH3 is 2. The number of guanidine groups is 1. The molecule has 0 aliphatic rings. The van der Waals surface area contributed by atoms with Gasteiger partial charge in [0.05, 0.1) is 27.3 Å². The Morgan fingerprint density at radius 1 is 1.00 bits per heavy atom. The van der Waals surface area contributed by atoms with E-state index in [4.69, 9.17) is 9.47 Å². The van der Waals surface area contributed by atoms with Gasteiger partial charge >= 0.3 is 0 Å². The zero-order chi connectivity index (χ0) is 22.9. The van der Waals surface area contributed by atoms with Gasteiger partial charge in [-0.15, -0.1) is 0 Å². The average molecular weight is 427 g/mol. The van der Waals surface area contributed by atoms with Crippen LogP contribution in [-0.4, -0.2) is 58.2 Å². The maximum Gasteiger partial charge on any atom is 0.241 e. The Hall–Kier alpha value is -3.22. The van der Waals surface area contributed by atoms with Crippen LogP contribution in [0.3, 0.4) is 0 Å². The maximum absolute atomic E-state index is 12.0. The van der Waals surface area contributed by atoms with Gasteiger partial charge in [0.1, 0.15) is 11.5 Å². The van der Waals surface area contributed by atoms with Crippen LogP contribution >= 0.6 is 0 Å². The number of nitrogens with one attached hydrogen (secondary N) is 2. The molecule has 1 amide bonds. The van der Waals surface area contributed by atoms with E-state index < -0.39 is 0 Å². The van der Waals surface area contributed by atoms with Crippen LogP contribution in [0.2, 0.25) is 0 Å². The summed E-state index contributed by atoms with van der Waals surface area (Å²) in [6.07, 6.45) is 0. The van der Waals surface area contributed by atoms with Crippen molar-refractivity contribution in [2.75, 3.05) is 41.4 Å². The first-order valence-electron chi connectivity index (χ1n) is 10.2. The summed E-state index contributed by atoms with van der Waals surface area (Å²) in [6.45, 7) is 5.59. The van der Waals surface area contributed by atoms with Crippen molar-refractivity contribution in [3.63, 3.8) is 0 Å². The summed E-state index contributed by atoms with van der Waals surface area (Å²) in [7, 11) is 6.78. The summed E-state index contributed by atoms with van der Waals surface area (Å²) < 4.78 is 10.6. The van der Waals surface area contributed by atoms with Gasteiger partial charge in [-0.3, -0.25) is 4.79 Å². The van der Waals surface area contributed by atoms with Crippen LogP contribution in [0.5, 0.6) is 11.5 Å². The Labute approximate surface area is 185 Å². The van der Waals surface area contributed by atoms with E-state index in [1.54, 1.807) is 33.2 Å². The molecule has 2 N–H and O–H groups in total. The van der Waals surface area contributed by atoms with Crippen LogP contribution in [0, 0.1) is 0 Å². The number of nitrogens with zero attached hydrogens (tertiary/aromatic N) is 2. The number of aliphatic imine (C=N–C) groups is 1. The van der Waals surface area contributed by atoms with Crippen LogP contribution in [0.25, 0.3) is 0 Å². The van der Waals surface area contributed by atoms with Crippen LogP contribution in [0.1, 0.15) is 25.0 Å². The van der Waals surface area contributed by atoms with E-state index in [1.807, 2.05) is 42.5 Å². The number of carbonyl (C=O) groups is 1. The number of rotatable bonds is 9. The lowest BCUT2D eigenvalue weighted by atomic mass is 9.84. The average Bonchev–Trinajstić information content (AvgIpc) is 2.78. The van der Waals surface area contributed by atoms with Crippen molar-refractivity contribution < 1.29 is 14.3 Å². The van der Waals surface area contributed by atoms with E-state index in [0.29, 0.717) is 19.0 Å². The Morgan fingerprint density at radius 3 is 2.29 bits per heavy atom. The smallest absolute Gasteiger partial charge is 0.241 e. The third-order valence-corrected chi connectivity index (χ3v) is 5.03. The van der Waals surface area contributed by atoms with Crippen LogP contribution in [0.4, 0.5) is 0 Å². The first-order chi connectivity index (χ1) is 14.7. The Morgan fingerprint density at radius 2 is 1.68 bits per heavy atom. The highest BCUT2D eigenvalue weighted by Crippen LogP contribution is 2.25. The molecule has 0 fully saturated rings. The minimum Gasteiger partial charge on any atom is -0.497 e. The lowest BCUT2D eigenvalue weighted by Crippen LogP contribution is -2.46. The summed E-state index contributed by atoms with van der Waals surface area (Å²) in [5.41, 5.74) is 2.02. The van der Waals surface area contributed by atoms with Gasteiger partial charge in [0.25, 0.3) is 0 Å².